The first kappa shape index (κ1) is 15.1. The Morgan fingerprint density at radius 3 is 2.59 bits per heavy atom. The third kappa shape index (κ3) is 2.74. The number of aryl methyl sites for hydroxylation is 2. The molecule has 0 unspecified atom stereocenters. The summed E-state index contributed by atoms with van der Waals surface area (Å²) in [5, 5.41) is 1.06. The molecule has 1 saturated heterocycles. The summed E-state index contributed by atoms with van der Waals surface area (Å²) in [7, 11) is 0. The highest BCUT2D eigenvalue weighted by Gasteiger charge is 2.16. The lowest BCUT2D eigenvalue weighted by molar-refractivity contribution is -0.0531. The summed E-state index contributed by atoms with van der Waals surface area (Å²) in [6, 6.07) is 3.96. The van der Waals surface area contributed by atoms with E-state index >= 15 is 0 Å². The van der Waals surface area contributed by atoms with E-state index in [-0.39, 0.29) is 11.8 Å². The van der Waals surface area contributed by atoms with Crippen molar-refractivity contribution < 1.29 is 14.2 Å². The van der Waals surface area contributed by atoms with Gasteiger partial charge in [0.15, 0.2) is 6.29 Å². The highest BCUT2D eigenvalue weighted by atomic mass is 16.7. The lowest BCUT2D eigenvalue weighted by atomic mass is 10.0. The van der Waals surface area contributed by atoms with E-state index in [4.69, 9.17) is 14.2 Å². The molecule has 1 fully saturated rings. The Balaban J connectivity index is 1.83. The number of aromatic nitrogens is 1. The molecule has 1 aromatic carbocycles. The molecule has 118 valence electrons. The lowest BCUT2D eigenvalue weighted by Crippen LogP contribution is -2.14. The van der Waals surface area contributed by atoms with Crippen molar-refractivity contribution in [2.24, 2.45) is 0 Å². The van der Waals surface area contributed by atoms with Crippen LogP contribution in [-0.4, -0.2) is 31.1 Å². The van der Waals surface area contributed by atoms with Gasteiger partial charge in [-0.3, -0.25) is 4.79 Å². The number of rotatable bonds is 4. The van der Waals surface area contributed by atoms with E-state index in [9.17, 15) is 4.79 Å². The van der Waals surface area contributed by atoms with Crippen LogP contribution < -0.4 is 10.3 Å². The molecule has 1 aromatic heterocycles. The van der Waals surface area contributed by atoms with Gasteiger partial charge in [0.1, 0.15) is 5.75 Å². The van der Waals surface area contributed by atoms with Gasteiger partial charge in [0.05, 0.1) is 25.3 Å². The SMILES string of the molecule is Cc1c(C)c2ccc(OCCC3OCCO3)c(C)c2[nH]c1=O. The van der Waals surface area contributed by atoms with Crippen LogP contribution in [0.4, 0.5) is 0 Å². The number of hydrogen-bond donors (Lipinski definition) is 1. The van der Waals surface area contributed by atoms with Crippen LogP contribution in [0.5, 0.6) is 5.75 Å². The summed E-state index contributed by atoms with van der Waals surface area (Å²) in [6.45, 7) is 7.60. The number of hydrogen-bond acceptors (Lipinski definition) is 4. The van der Waals surface area contributed by atoms with Gasteiger partial charge in [0.25, 0.3) is 5.56 Å². The smallest absolute Gasteiger partial charge is 0.251 e. The summed E-state index contributed by atoms with van der Waals surface area (Å²) >= 11 is 0. The fourth-order valence-electron chi connectivity index (χ4n) is 2.74. The van der Waals surface area contributed by atoms with Crippen molar-refractivity contribution >= 4 is 10.9 Å². The van der Waals surface area contributed by atoms with Crippen LogP contribution in [0.25, 0.3) is 10.9 Å². The molecule has 1 N–H and O–H groups in total. The average Bonchev–Trinajstić information content (AvgIpc) is 3.01. The summed E-state index contributed by atoms with van der Waals surface area (Å²) in [6.07, 6.45) is 0.534. The van der Waals surface area contributed by atoms with E-state index in [1.165, 1.54) is 0 Å². The Labute approximate surface area is 129 Å². The fourth-order valence-corrected chi connectivity index (χ4v) is 2.74. The third-order valence-corrected chi connectivity index (χ3v) is 4.26. The Kier molecular flexibility index (Phi) is 4.18. The zero-order valence-electron chi connectivity index (χ0n) is 13.2. The summed E-state index contributed by atoms with van der Waals surface area (Å²) in [5.41, 5.74) is 3.53. The predicted molar refractivity (Wildman–Crippen MR) is 84.6 cm³/mol. The number of pyridine rings is 1. The maximum atomic E-state index is 12.0. The molecule has 0 amide bonds. The van der Waals surface area contributed by atoms with Crippen LogP contribution in [0.2, 0.25) is 0 Å². The molecule has 2 heterocycles. The standard InChI is InChI=1S/C17H21NO4/c1-10-11(2)17(19)18-16-12(3)14(5-4-13(10)16)20-7-6-15-21-8-9-22-15/h4-5,15H,6-9H2,1-3H3,(H,18,19). The minimum Gasteiger partial charge on any atom is -0.493 e. The number of aromatic amines is 1. The van der Waals surface area contributed by atoms with Gasteiger partial charge in [-0.2, -0.15) is 0 Å². The van der Waals surface area contributed by atoms with Crippen LogP contribution in [0.15, 0.2) is 16.9 Å². The molecular weight excluding hydrogens is 282 g/mol. The van der Waals surface area contributed by atoms with Crippen molar-refractivity contribution in [2.75, 3.05) is 19.8 Å². The van der Waals surface area contributed by atoms with Crippen molar-refractivity contribution in [1.82, 2.24) is 4.98 Å². The molecular formula is C17H21NO4. The number of benzene rings is 1. The molecule has 2 aromatic rings. The highest BCUT2D eigenvalue weighted by Crippen LogP contribution is 2.28. The molecule has 5 heteroatoms. The molecule has 1 aliphatic rings. The minimum absolute atomic E-state index is 0.0435. The summed E-state index contributed by atoms with van der Waals surface area (Å²) in [5.74, 6) is 0.782. The predicted octanol–water partition coefficient (Wildman–Crippen LogP) is 2.60. The first-order chi connectivity index (χ1) is 10.6. The number of H-pyrrole nitrogens is 1. The Morgan fingerprint density at radius 1 is 1.14 bits per heavy atom. The minimum atomic E-state index is -0.162. The van der Waals surface area contributed by atoms with Gasteiger partial charge in [-0.15, -0.1) is 0 Å². The second-order valence-corrected chi connectivity index (χ2v) is 5.62. The van der Waals surface area contributed by atoms with Gasteiger partial charge >= 0.3 is 0 Å². The number of nitrogens with one attached hydrogen (secondary N) is 1. The van der Waals surface area contributed by atoms with Crippen LogP contribution in [-0.2, 0) is 9.47 Å². The molecule has 3 rings (SSSR count). The van der Waals surface area contributed by atoms with Crippen molar-refractivity contribution in [3.8, 4) is 5.75 Å². The van der Waals surface area contributed by atoms with Gasteiger partial charge < -0.3 is 19.2 Å². The Morgan fingerprint density at radius 2 is 1.86 bits per heavy atom. The molecule has 1 aliphatic heterocycles. The van der Waals surface area contributed by atoms with E-state index < -0.39 is 0 Å². The molecule has 0 bridgehead atoms. The maximum Gasteiger partial charge on any atom is 0.251 e. The van der Waals surface area contributed by atoms with E-state index in [0.717, 1.165) is 33.3 Å². The van der Waals surface area contributed by atoms with Crippen LogP contribution >= 0.6 is 0 Å². The molecule has 5 nitrogen and oxygen atoms in total. The highest BCUT2D eigenvalue weighted by molar-refractivity contribution is 5.87. The van der Waals surface area contributed by atoms with Gasteiger partial charge in [0, 0.05) is 22.9 Å². The number of ether oxygens (including phenoxy) is 3. The molecule has 22 heavy (non-hydrogen) atoms. The molecule has 0 aliphatic carbocycles. The molecule has 0 radical (unpaired) electrons. The van der Waals surface area contributed by atoms with Crippen LogP contribution in [0.3, 0.4) is 0 Å². The van der Waals surface area contributed by atoms with E-state index in [2.05, 4.69) is 4.98 Å². The largest absolute Gasteiger partial charge is 0.493 e. The molecule has 0 spiro atoms. The van der Waals surface area contributed by atoms with Gasteiger partial charge in [-0.1, -0.05) is 0 Å². The molecule has 0 atom stereocenters. The first-order valence-corrected chi connectivity index (χ1v) is 7.56. The van der Waals surface area contributed by atoms with Crippen molar-refractivity contribution in [3.05, 3.63) is 39.2 Å². The lowest BCUT2D eigenvalue weighted by Gasteiger charge is -2.14. The summed E-state index contributed by atoms with van der Waals surface area (Å²) in [4.78, 5) is 14.9. The third-order valence-electron chi connectivity index (χ3n) is 4.26. The number of fused-ring (bicyclic) bond motifs is 1. The van der Waals surface area contributed by atoms with E-state index in [1.807, 2.05) is 32.9 Å². The molecule has 0 saturated carbocycles. The maximum absolute atomic E-state index is 12.0. The van der Waals surface area contributed by atoms with Gasteiger partial charge in [-0.05, 0) is 38.5 Å². The normalized spacial score (nSPS) is 15.6. The van der Waals surface area contributed by atoms with Gasteiger partial charge in [-0.25, -0.2) is 0 Å². The van der Waals surface area contributed by atoms with Crippen molar-refractivity contribution in [1.29, 1.82) is 0 Å². The first-order valence-electron chi connectivity index (χ1n) is 7.56. The summed E-state index contributed by atoms with van der Waals surface area (Å²) < 4.78 is 16.6. The second-order valence-electron chi connectivity index (χ2n) is 5.62. The zero-order valence-corrected chi connectivity index (χ0v) is 13.2. The van der Waals surface area contributed by atoms with Crippen molar-refractivity contribution in [3.63, 3.8) is 0 Å². The Hall–Kier alpha value is -1.85. The Bertz CT molecular complexity index is 744. The second kappa shape index (κ2) is 6.10. The van der Waals surface area contributed by atoms with Crippen LogP contribution in [0, 0.1) is 20.8 Å². The average molecular weight is 303 g/mol. The van der Waals surface area contributed by atoms with Crippen molar-refractivity contribution in [2.45, 2.75) is 33.5 Å². The zero-order chi connectivity index (χ0) is 15.7. The van der Waals surface area contributed by atoms with E-state index in [0.29, 0.717) is 26.2 Å². The van der Waals surface area contributed by atoms with E-state index in [1.54, 1.807) is 0 Å². The van der Waals surface area contributed by atoms with Gasteiger partial charge in [0.2, 0.25) is 0 Å². The van der Waals surface area contributed by atoms with Crippen LogP contribution in [0.1, 0.15) is 23.1 Å². The topological polar surface area (TPSA) is 60.6 Å². The fraction of sp³-hybridized carbons (Fsp3) is 0.471. The monoisotopic (exact) mass is 303 g/mol. The quantitative estimate of drug-likeness (QED) is 0.943.